The molecule has 2 saturated heterocycles. The molecule has 2 atom stereocenters. The van der Waals surface area contributed by atoms with Gasteiger partial charge in [0, 0.05) is 42.1 Å². The number of hydrogen-bond donors (Lipinski definition) is 3. The van der Waals surface area contributed by atoms with Gasteiger partial charge in [-0.25, -0.2) is 4.39 Å². The molecule has 0 bridgehead atoms. The summed E-state index contributed by atoms with van der Waals surface area (Å²) in [6, 6.07) is 8.78. The number of benzene rings is 2. The maximum atomic E-state index is 14.4. The third kappa shape index (κ3) is 5.29. The number of morpholine rings is 1. The van der Waals surface area contributed by atoms with Crippen molar-refractivity contribution in [2.24, 2.45) is 10.7 Å². The number of aliphatic hydroxyl groups excluding tert-OH is 1. The smallest absolute Gasteiger partial charge is 0.259 e. The van der Waals surface area contributed by atoms with Crippen molar-refractivity contribution in [3.8, 4) is 0 Å². The summed E-state index contributed by atoms with van der Waals surface area (Å²) in [5.41, 5.74) is 8.15. The molecule has 3 aliphatic heterocycles. The third-order valence-electron chi connectivity index (χ3n) is 6.58. The number of carbonyl (C=O) groups excluding carboxylic acids is 3. The quantitative estimate of drug-likeness (QED) is 0.534. The average molecular weight is 532 g/mol. The van der Waals surface area contributed by atoms with Crippen molar-refractivity contribution in [1.29, 1.82) is 0 Å². The van der Waals surface area contributed by atoms with E-state index in [0.29, 0.717) is 31.2 Å². The summed E-state index contributed by atoms with van der Waals surface area (Å²) in [6.45, 7) is 1.70. The molecule has 0 spiro atoms. The number of hydrogen-bond acceptors (Lipinski definition) is 7. The second kappa shape index (κ2) is 10.8. The van der Waals surface area contributed by atoms with Gasteiger partial charge in [-0.1, -0.05) is 0 Å². The molecule has 10 nitrogen and oxygen atoms in total. The molecule has 5 rings (SSSR count). The predicted molar refractivity (Wildman–Crippen MR) is 136 cm³/mol. The van der Waals surface area contributed by atoms with Crippen LogP contribution in [0.25, 0.3) is 0 Å². The Balaban J connectivity index is 0.00000320. The number of rotatable bonds is 5. The summed E-state index contributed by atoms with van der Waals surface area (Å²) in [7, 11) is 0. The monoisotopic (exact) mass is 531 g/mol. The molecule has 3 aliphatic rings. The lowest BCUT2D eigenvalue weighted by Gasteiger charge is -2.34. The maximum absolute atomic E-state index is 14.4. The molecule has 37 heavy (non-hydrogen) atoms. The Morgan fingerprint density at radius 1 is 1.16 bits per heavy atom. The highest BCUT2D eigenvalue weighted by atomic mass is 35.5. The molecule has 3 heterocycles. The molecule has 0 radical (unpaired) electrons. The summed E-state index contributed by atoms with van der Waals surface area (Å²) in [4.78, 5) is 45.7. The Bertz CT molecular complexity index is 1270. The number of nitrogens with one attached hydrogen (secondary N) is 1. The molecule has 3 amide bonds. The molecule has 4 N–H and O–H groups in total. The molecule has 0 aromatic heterocycles. The lowest BCUT2D eigenvalue weighted by Crippen LogP contribution is -2.55. The number of aliphatic hydroxyl groups is 1. The van der Waals surface area contributed by atoms with Crippen LogP contribution in [0.15, 0.2) is 41.4 Å². The van der Waals surface area contributed by atoms with E-state index in [-0.39, 0.29) is 42.7 Å². The highest BCUT2D eigenvalue weighted by Crippen LogP contribution is 2.26. The number of nitrogens with zero attached hydrogens (tertiary/aromatic N) is 3. The fourth-order valence-corrected chi connectivity index (χ4v) is 4.71. The van der Waals surface area contributed by atoms with Gasteiger partial charge in [0.2, 0.25) is 0 Å². The van der Waals surface area contributed by atoms with Crippen LogP contribution < -0.4 is 16.0 Å². The number of nitrogens with two attached hydrogens (primary N) is 1. The molecule has 2 aromatic rings. The van der Waals surface area contributed by atoms with Crippen molar-refractivity contribution in [3.63, 3.8) is 0 Å². The minimum Gasteiger partial charge on any atom is -0.383 e. The summed E-state index contributed by atoms with van der Waals surface area (Å²) in [6.07, 6.45) is -1.52. The van der Waals surface area contributed by atoms with Gasteiger partial charge in [0.1, 0.15) is 11.7 Å². The van der Waals surface area contributed by atoms with Crippen molar-refractivity contribution in [2.45, 2.75) is 31.6 Å². The van der Waals surface area contributed by atoms with Crippen LogP contribution in [0.2, 0.25) is 0 Å². The minimum absolute atomic E-state index is 0. The van der Waals surface area contributed by atoms with Gasteiger partial charge < -0.3 is 30.7 Å². The summed E-state index contributed by atoms with van der Waals surface area (Å²) in [5, 5.41) is 13.2. The van der Waals surface area contributed by atoms with Gasteiger partial charge in [-0.15, -0.1) is 12.4 Å². The topological polar surface area (TPSA) is 138 Å². The molecule has 12 heteroatoms. The lowest BCUT2D eigenvalue weighted by molar-refractivity contribution is -0.150. The van der Waals surface area contributed by atoms with Crippen LogP contribution in [0, 0.1) is 5.82 Å². The molecular formula is C25H27ClFN5O5. The Morgan fingerprint density at radius 3 is 2.68 bits per heavy atom. The normalized spacial score (nSPS) is 19.7. The van der Waals surface area contributed by atoms with Crippen LogP contribution >= 0.6 is 12.4 Å². The van der Waals surface area contributed by atoms with Crippen LogP contribution in [-0.2, 0) is 20.9 Å². The van der Waals surface area contributed by atoms with Gasteiger partial charge in [-0.2, -0.15) is 0 Å². The van der Waals surface area contributed by atoms with Gasteiger partial charge in [-0.05, 0) is 54.8 Å². The Kier molecular flexibility index (Phi) is 7.76. The Hall–Kier alpha value is -3.54. The van der Waals surface area contributed by atoms with Crippen LogP contribution in [0.5, 0.6) is 0 Å². The zero-order valence-electron chi connectivity index (χ0n) is 19.9. The fraction of sp³-hybridized carbons (Fsp3) is 0.360. The first-order valence-electron chi connectivity index (χ1n) is 11.8. The van der Waals surface area contributed by atoms with Crippen molar-refractivity contribution in [2.75, 3.05) is 36.5 Å². The molecule has 2 fully saturated rings. The van der Waals surface area contributed by atoms with Crippen LogP contribution in [0.4, 0.5) is 15.8 Å². The number of fused-ring (bicyclic) bond motifs is 1. The minimum atomic E-state index is -1.81. The first-order chi connectivity index (χ1) is 17.3. The van der Waals surface area contributed by atoms with E-state index in [9.17, 15) is 23.9 Å². The fourth-order valence-electron chi connectivity index (χ4n) is 4.71. The standard InChI is InChI=1S/C25H26FN5O5.ClH/c26-16-9-14(24(34)30-5-1-2-6-30)11-18(12-16)31-7-8-36-21(25(31)35)20(32)23(33)29-17-3-4-19-15(10-17)13-28-22(19)27;/h3-4,9-12,20-21,32H,1-2,5-8,13H2,(H2,27,28)(H,29,33);1H/t20-,21-;/m1./s1. The molecule has 0 unspecified atom stereocenters. The van der Waals surface area contributed by atoms with Crippen LogP contribution in [0.1, 0.15) is 34.3 Å². The Labute approximate surface area is 218 Å². The zero-order chi connectivity index (χ0) is 25.4. The van der Waals surface area contributed by atoms with E-state index in [1.165, 1.54) is 11.0 Å². The number of ether oxygens (including phenoxy) is 1. The molecule has 196 valence electrons. The van der Waals surface area contributed by atoms with E-state index in [1.807, 2.05) is 0 Å². The SMILES string of the molecule is Cl.NC1=NCc2cc(NC(=O)[C@H](O)[C@H]3OCCN(c4cc(F)cc(C(=O)N5CCCC5)c4)C3=O)ccc21. The second-order valence-electron chi connectivity index (χ2n) is 8.99. The first kappa shape index (κ1) is 26.5. The number of halogens is 2. The van der Waals surface area contributed by atoms with Crippen molar-refractivity contribution < 1.29 is 28.6 Å². The largest absolute Gasteiger partial charge is 0.383 e. The number of aliphatic imine (C=N–C) groups is 1. The third-order valence-corrected chi connectivity index (χ3v) is 6.58. The highest BCUT2D eigenvalue weighted by molar-refractivity contribution is 6.05. The van der Waals surface area contributed by atoms with Crippen molar-refractivity contribution >= 4 is 47.3 Å². The van der Waals surface area contributed by atoms with E-state index < -0.39 is 29.8 Å². The van der Waals surface area contributed by atoms with Gasteiger partial charge >= 0.3 is 0 Å². The van der Waals surface area contributed by atoms with E-state index in [2.05, 4.69) is 10.3 Å². The number of likely N-dealkylation sites (tertiary alicyclic amines) is 1. The van der Waals surface area contributed by atoms with Crippen molar-refractivity contribution in [1.82, 2.24) is 4.90 Å². The van der Waals surface area contributed by atoms with Crippen LogP contribution in [0.3, 0.4) is 0 Å². The van der Waals surface area contributed by atoms with Gasteiger partial charge in [0.15, 0.2) is 12.2 Å². The van der Waals surface area contributed by atoms with E-state index in [1.54, 1.807) is 23.1 Å². The van der Waals surface area contributed by atoms with Gasteiger partial charge in [0.05, 0.1) is 13.2 Å². The number of carbonyl (C=O) groups is 3. The zero-order valence-corrected chi connectivity index (χ0v) is 20.7. The van der Waals surface area contributed by atoms with Crippen molar-refractivity contribution in [3.05, 3.63) is 58.9 Å². The van der Waals surface area contributed by atoms with Gasteiger partial charge in [0.25, 0.3) is 17.7 Å². The first-order valence-corrected chi connectivity index (χ1v) is 11.8. The summed E-state index contributed by atoms with van der Waals surface area (Å²) >= 11 is 0. The summed E-state index contributed by atoms with van der Waals surface area (Å²) < 4.78 is 19.9. The molecule has 0 aliphatic carbocycles. The van der Waals surface area contributed by atoms with E-state index in [0.717, 1.165) is 36.1 Å². The average Bonchev–Trinajstić information content (AvgIpc) is 3.53. The van der Waals surface area contributed by atoms with E-state index in [4.69, 9.17) is 10.5 Å². The number of anilines is 2. The predicted octanol–water partition coefficient (Wildman–Crippen LogP) is 1.43. The van der Waals surface area contributed by atoms with Crippen LogP contribution in [-0.4, -0.2) is 72.0 Å². The number of amides is 3. The number of amidine groups is 1. The second-order valence-corrected chi connectivity index (χ2v) is 8.99. The molecule has 0 saturated carbocycles. The van der Waals surface area contributed by atoms with Gasteiger partial charge in [-0.3, -0.25) is 19.4 Å². The Morgan fingerprint density at radius 2 is 1.92 bits per heavy atom. The lowest BCUT2D eigenvalue weighted by atomic mass is 10.1. The van der Waals surface area contributed by atoms with E-state index >= 15 is 0 Å². The molecular weight excluding hydrogens is 505 g/mol. The maximum Gasteiger partial charge on any atom is 0.259 e. The highest BCUT2D eigenvalue weighted by Gasteiger charge is 2.40. The summed E-state index contributed by atoms with van der Waals surface area (Å²) in [5.74, 6) is -2.07. The molecule has 2 aromatic carbocycles.